The number of benzene rings is 1. The Kier molecular flexibility index (Phi) is 8.36. The number of ether oxygens (including phenoxy) is 2. The van der Waals surface area contributed by atoms with Gasteiger partial charge in [-0.05, 0) is 24.1 Å². The third-order valence-electron chi connectivity index (χ3n) is 3.57. The SMILES string of the molecule is CCCCN(C)C(=O)CCNCc1ccc(OC)c(OC)c1. The number of unbranched alkanes of at least 4 members (excludes halogenated alkanes) is 1. The molecule has 0 aromatic heterocycles. The monoisotopic (exact) mass is 308 g/mol. The zero-order chi connectivity index (χ0) is 16.4. The molecule has 0 fully saturated rings. The van der Waals surface area contributed by atoms with E-state index in [0.29, 0.717) is 19.5 Å². The molecule has 0 aliphatic carbocycles. The minimum absolute atomic E-state index is 0.188. The zero-order valence-corrected chi connectivity index (χ0v) is 14.1. The molecule has 1 aromatic carbocycles. The molecule has 0 saturated heterocycles. The lowest BCUT2D eigenvalue weighted by atomic mass is 10.2. The first-order valence-electron chi connectivity index (χ1n) is 7.78. The predicted molar refractivity (Wildman–Crippen MR) is 88.4 cm³/mol. The highest BCUT2D eigenvalue weighted by Gasteiger charge is 2.08. The molecule has 0 bridgehead atoms. The molecular formula is C17H28N2O3. The summed E-state index contributed by atoms with van der Waals surface area (Å²) in [6.07, 6.45) is 2.68. The highest BCUT2D eigenvalue weighted by Crippen LogP contribution is 2.27. The molecule has 5 nitrogen and oxygen atoms in total. The molecule has 0 spiro atoms. The summed E-state index contributed by atoms with van der Waals surface area (Å²) in [5.74, 6) is 1.63. The summed E-state index contributed by atoms with van der Waals surface area (Å²) in [5, 5.41) is 3.29. The first-order valence-corrected chi connectivity index (χ1v) is 7.78. The van der Waals surface area contributed by atoms with Gasteiger partial charge in [0.25, 0.3) is 0 Å². The molecule has 0 unspecified atom stereocenters. The van der Waals surface area contributed by atoms with Gasteiger partial charge in [0.15, 0.2) is 11.5 Å². The second-order valence-corrected chi connectivity index (χ2v) is 5.28. The molecule has 5 heteroatoms. The molecule has 0 radical (unpaired) electrons. The Morgan fingerprint density at radius 3 is 2.59 bits per heavy atom. The van der Waals surface area contributed by atoms with Crippen molar-refractivity contribution < 1.29 is 14.3 Å². The van der Waals surface area contributed by atoms with Crippen molar-refractivity contribution in [1.29, 1.82) is 0 Å². The maximum atomic E-state index is 11.9. The normalized spacial score (nSPS) is 10.4. The van der Waals surface area contributed by atoms with E-state index in [-0.39, 0.29) is 5.91 Å². The number of carbonyl (C=O) groups is 1. The van der Waals surface area contributed by atoms with Gasteiger partial charge in [-0.25, -0.2) is 0 Å². The minimum Gasteiger partial charge on any atom is -0.493 e. The summed E-state index contributed by atoms with van der Waals surface area (Å²) >= 11 is 0. The first kappa shape index (κ1) is 18.3. The maximum Gasteiger partial charge on any atom is 0.223 e. The molecule has 1 rings (SSSR count). The van der Waals surface area contributed by atoms with E-state index >= 15 is 0 Å². The van der Waals surface area contributed by atoms with Crippen LogP contribution in [0.3, 0.4) is 0 Å². The molecule has 1 aromatic rings. The highest BCUT2D eigenvalue weighted by atomic mass is 16.5. The van der Waals surface area contributed by atoms with Crippen LogP contribution < -0.4 is 14.8 Å². The van der Waals surface area contributed by atoms with E-state index in [4.69, 9.17) is 9.47 Å². The molecule has 0 saturated carbocycles. The number of nitrogens with one attached hydrogen (secondary N) is 1. The fraction of sp³-hybridized carbons (Fsp3) is 0.588. The first-order chi connectivity index (χ1) is 10.6. The third-order valence-corrected chi connectivity index (χ3v) is 3.57. The lowest BCUT2D eigenvalue weighted by Crippen LogP contribution is -2.30. The van der Waals surface area contributed by atoms with Gasteiger partial charge in [0.2, 0.25) is 5.91 Å². The summed E-state index contributed by atoms with van der Waals surface area (Å²) in [4.78, 5) is 13.7. The van der Waals surface area contributed by atoms with Crippen molar-refractivity contribution >= 4 is 5.91 Å². The van der Waals surface area contributed by atoms with Gasteiger partial charge >= 0.3 is 0 Å². The zero-order valence-electron chi connectivity index (χ0n) is 14.1. The Morgan fingerprint density at radius 2 is 1.95 bits per heavy atom. The molecule has 0 atom stereocenters. The summed E-state index contributed by atoms with van der Waals surface area (Å²) in [6, 6.07) is 5.82. The molecule has 0 aliphatic rings. The van der Waals surface area contributed by atoms with Gasteiger partial charge in [-0.2, -0.15) is 0 Å². The number of amides is 1. The Balaban J connectivity index is 2.34. The van der Waals surface area contributed by atoms with E-state index < -0.39 is 0 Å². The van der Waals surface area contributed by atoms with Crippen LogP contribution in [0.25, 0.3) is 0 Å². The van der Waals surface area contributed by atoms with Crippen LogP contribution in [0, 0.1) is 0 Å². The summed E-state index contributed by atoms with van der Waals surface area (Å²) < 4.78 is 10.5. The second-order valence-electron chi connectivity index (χ2n) is 5.28. The van der Waals surface area contributed by atoms with Crippen LogP contribution in [0.4, 0.5) is 0 Å². The van der Waals surface area contributed by atoms with E-state index in [1.165, 1.54) is 0 Å². The molecule has 1 amide bonds. The van der Waals surface area contributed by atoms with Crippen LogP contribution in [-0.4, -0.2) is 45.2 Å². The Morgan fingerprint density at radius 1 is 1.23 bits per heavy atom. The average molecular weight is 308 g/mol. The fourth-order valence-corrected chi connectivity index (χ4v) is 2.13. The van der Waals surface area contributed by atoms with Crippen molar-refractivity contribution in [3.05, 3.63) is 23.8 Å². The summed E-state index contributed by atoms with van der Waals surface area (Å²) in [7, 11) is 5.11. The van der Waals surface area contributed by atoms with Crippen molar-refractivity contribution in [1.82, 2.24) is 10.2 Å². The number of hydrogen-bond acceptors (Lipinski definition) is 4. The average Bonchev–Trinajstić information content (AvgIpc) is 2.55. The van der Waals surface area contributed by atoms with Crippen molar-refractivity contribution in [3.8, 4) is 11.5 Å². The lowest BCUT2D eigenvalue weighted by molar-refractivity contribution is -0.129. The van der Waals surface area contributed by atoms with Crippen LogP contribution in [0.1, 0.15) is 31.7 Å². The van der Waals surface area contributed by atoms with E-state index in [0.717, 1.165) is 36.4 Å². The molecule has 1 N–H and O–H groups in total. The van der Waals surface area contributed by atoms with Gasteiger partial charge in [-0.15, -0.1) is 0 Å². The topological polar surface area (TPSA) is 50.8 Å². The maximum absolute atomic E-state index is 11.9. The number of rotatable bonds is 10. The van der Waals surface area contributed by atoms with Crippen LogP contribution in [0.2, 0.25) is 0 Å². The summed E-state index contributed by atoms with van der Waals surface area (Å²) in [5.41, 5.74) is 1.10. The van der Waals surface area contributed by atoms with Gasteiger partial charge in [-0.1, -0.05) is 19.4 Å². The van der Waals surface area contributed by atoms with E-state index in [1.54, 1.807) is 14.2 Å². The van der Waals surface area contributed by atoms with Crippen molar-refractivity contribution in [2.24, 2.45) is 0 Å². The Hall–Kier alpha value is -1.75. The van der Waals surface area contributed by atoms with Gasteiger partial charge in [-0.3, -0.25) is 4.79 Å². The predicted octanol–water partition coefficient (Wildman–Crippen LogP) is 2.44. The van der Waals surface area contributed by atoms with Gasteiger partial charge in [0.05, 0.1) is 14.2 Å². The number of methoxy groups -OCH3 is 2. The summed E-state index contributed by atoms with van der Waals surface area (Å²) in [6.45, 7) is 4.34. The third kappa shape index (κ3) is 5.93. The van der Waals surface area contributed by atoms with Crippen molar-refractivity contribution in [2.45, 2.75) is 32.7 Å². The minimum atomic E-state index is 0.188. The molecule has 0 heterocycles. The van der Waals surface area contributed by atoms with Crippen LogP contribution >= 0.6 is 0 Å². The fourth-order valence-electron chi connectivity index (χ4n) is 2.13. The number of nitrogens with zero attached hydrogens (tertiary/aromatic N) is 1. The van der Waals surface area contributed by atoms with E-state index in [1.807, 2.05) is 30.1 Å². The van der Waals surface area contributed by atoms with Crippen molar-refractivity contribution in [3.63, 3.8) is 0 Å². The van der Waals surface area contributed by atoms with Crippen LogP contribution in [-0.2, 0) is 11.3 Å². The molecule has 124 valence electrons. The van der Waals surface area contributed by atoms with Gasteiger partial charge in [0.1, 0.15) is 0 Å². The quantitative estimate of drug-likeness (QED) is 0.675. The highest BCUT2D eigenvalue weighted by molar-refractivity contribution is 5.76. The number of hydrogen-bond donors (Lipinski definition) is 1. The largest absolute Gasteiger partial charge is 0.493 e. The standard InChI is InChI=1S/C17H28N2O3/c1-5-6-11-19(2)17(20)9-10-18-13-14-7-8-15(21-3)16(12-14)22-4/h7-8,12,18H,5-6,9-11,13H2,1-4H3. The van der Waals surface area contributed by atoms with Crippen LogP contribution in [0.5, 0.6) is 11.5 Å². The van der Waals surface area contributed by atoms with Crippen molar-refractivity contribution in [2.75, 3.05) is 34.4 Å². The Bertz CT molecular complexity index is 463. The second kappa shape index (κ2) is 10.1. The molecular weight excluding hydrogens is 280 g/mol. The number of carbonyl (C=O) groups excluding carboxylic acids is 1. The van der Waals surface area contributed by atoms with Gasteiger partial charge < -0.3 is 19.7 Å². The molecule has 0 aliphatic heterocycles. The Labute approximate surface area is 133 Å². The van der Waals surface area contributed by atoms with E-state index in [2.05, 4.69) is 12.2 Å². The van der Waals surface area contributed by atoms with E-state index in [9.17, 15) is 4.79 Å². The smallest absolute Gasteiger partial charge is 0.223 e. The van der Waals surface area contributed by atoms with Crippen LogP contribution in [0.15, 0.2) is 18.2 Å². The van der Waals surface area contributed by atoms with Gasteiger partial charge in [0, 0.05) is 33.1 Å². The molecule has 22 heavy (non-hydrogen) atoms. The lowest BCUT2D eigenvalue weighted by Gasteiger charge is -2.16.